The topological polar surface area (TPSA) is 38.7 Å². The minimum atomic E-state index is 0.250. The molecule has 0 aliphatic rings. The molecule has 0 atom stereocenters. The highest BCUT2D eigenvalue weighted by molar-refractivity contribution is 6.30. The molecule has 0 unspecified atom stereocenters. The Balaban J connectivity index is 2.59. The smallest absolute Gasteiger partial charge is 0.136 e. The summed E-state index contributed by atoms with van der Waals surface area (Å²) in [6, 6.07) is 3.98. The van der Waals surface area contributed by atoms with Crippen LogP contribution in [0, 0.1) is 13.8 Å². The van der Waals surface area contributed by atoms with E-state index in [1.165, 1.54) is 0 Å². The van der Waals surface area contributed by atoms with E-state index in [1.54, 1.807) is 0 Å². The normalized spacial score (nSPS) is 11.0. The molecule has 0 spiro atoms. The van der Waals surface area contributed by atoms with Crippen molar-refractivity contribution in [3.63, 3.8) is 0 Å². The summed E-state index contributed by atoms with van der Waals surface area (Å²) in [5.74, 6) is 1.02. The predicted molar refractivity (Wildman–Crippen MR) is 73.8 cm³/mol. The predicted octanol–water partition coefficient (Wildman–Crippen LogP) is 3.93. The van der Waals surface area contributed by atoms with Crippen LogP contribution in [0.25, 0.3) is 11.3 Å². The van der Waals surface area contributed by atoms with Crippen LogP contribution in [0.5, 0.6) is 0 Å². The van der Waals surface area contributed by atoms with Gasteiger partial charge in [-0.25, -0.2) is 9.97 Å². The molecule has 0 saturated carbocycles. The van der Waals surface area contributed by atoms with Gasteiger partial charge in [0, 0.05) is 28.9 Å². The lowest BCUT2D eigenvalue weighted by Crippen LogP contribution is -2.02. The van der Waals surface area contributed by atoms with Crippen molar-refractivity contribution >= 4 is 11.6 Å². The second kappa shape index (κ2) is 5.02. The third-order valence-corrected chi connectivity index (χ3v) is 3.17. The zero-order valence-corrected chi connectivity index (χ0v) is 11.8. The molecule has 0 aliphatic heterocycles. The van der Waals surface area contributed by atoms with Crippen LogP contribution in [-0.4, -0.2) is 15.0 Å². The van der Waals surface area contributed by atoms with Crippen molar-refractivity contribution in [1.82, 2.24) is 15.0 Å². The molecule has 18 heavy (non-hydrogen) atoms. The average molecular weight is 262 g/mol. The van der Waals surface area contributed by atoms with Gasteiger partial charge in [-0.3, -0.25) is 4.98 Å². The van der Waals surface area contributed by atoms with Crippen LogP contribution in [0.1, 0.15) is 36.8 Å². The van der Waals surface area contributed by atoms with Crippen LogP contribution in [0.4, 0.5) is 0 Å². The Bertz CT molecular complexity index is 562. The fraction of sp³-hybridized carbons (Fsp3) is 0.357. The number of hydrogen-bond acceptors (Lipinski definition) is 3. The van der Waals surface area contributed by atoms with Crippen LogP contribution in [0.2, 0.25) is 5.15 Å². The van der Waals surface area contributed by atoms with E-state index >= 15 is 0 Å². The first kappa shape index (κ1) is 13.0. The molecule has 0 aromatic carbocycles. The lowest BCUT2D eigenvalue weighted by molar-refractivity contribution is 0.773. The van der Waals surface area contributed by atoms with E-state index in [0.29, 0.717) is 5.15 Å². The number of nitrogens with zero attached hydrogens (tertiary/aromatic N) is 3. The number of hydrogen-bond donors (Lipinski definition) is 0. The summed E-state index contributed by atoms with van der Waals surface area (Å²) < 4.78 is 0. The van der Waals surface area contributed by atoms with Gasteiger partial charge in [0.25, 0.3) is 0 Å². The molecule has 2 heterocycles. The van der Waals surface area contributed by atoms with Gasteiger partial charge < -0.3 is 0 Å². The Morgan fingerprint density at radius 3 is 2.39 bits per heavy atom. The zero-order valence-electron chi connectivity index (χ0n) is 11.0. The van der Waals surface area contributed by atoms with Crippen molar-refractivity contribution in [3.8, 4) is 11.3 Å². The minimum Gasteiger partial charge on any atom is -0.261 e. The fourth-order valence-corrected chi connectivity index (χ4v) is 1.83. The van der Waals surface area contributed by atoms with E-state index in [0.717, 1.165) is 28.3 Å². The highest BCUT2D eigenvalue weighted by Gasteiger charge is 2.13. The molecule has 2 aromatic heterocycles. The molecule has 2 aromatic rings. The highest BCUT2D eigenvalue weighted by atomic mass is 35.5. The van der Waals surface area contributed by atoms with E-state index < -0.39 is 0 Å². The Morgan fingerprint density at radius 2 is 1.83 bits per heavy atom. The number of aryl methyl sites for hydroxylation is 1. The van der Waals surface area contributed by atoms with Gasteiger partial charge in [0.05, 0.1) is 5.69 Å². The second-order valence-corrected chi connectivity index (χ2v) is 5.05. The fourth-order valence-electron chi connectivity index (χ4n) is 1.65. The molecular formula is C14H16ClN3. The Morgan fingerprint density at radius 1 is 1.11 bits per heavy atom. The third kappa shape index (κ3) is 2.51. The summed E-state index contributed by atoms with van der Waals surface area (Å²) >= 11 is 6.17. The second-order valence-electron chi connectivity index (χ2n) is 4.69. The molecule has 0 N–H and O–H groups in total. The first-order valence-corrected chi connectivity index (χ1v) is 6.34. The molecule has 0 fully saturated rings. The van der Waals surface area contributed by atoms with E-state index in [-0.39, 0.29) is 5.92 Å². The van der Waals surface area contributed by atoms with Crippen molar-refractivity contribution < 1.29 is 0 Å². The van der Waals surface area contributed by atoms with Gasteiger partial charge in [0.1, 0.15) is 11.0 Å². The van der Waals surface area contributed by atoms with Gasteiger partial charge in [0.15, 0.2) is 0 Å². The largest absolute Gasteiger partial charge is 0.261 e. The Kier molecular flexibility index (Phi) is 3.62. The Labute approximate surface area is 112 Å². The number of rotatable bonds is 2. The Hall–Kier alpha value is -1.48. The number of aromatic nitrogens is 3. The quantitative estimate of drug-likeness (QED) is 0.769. The summed E-state index contributed by atoms with van der Waals surface area (Å²) in [5, 5.41) is 0.518. The van der Waals surface area contributed by atoms with Gasteiger partial charge >= 0.3 is 0 Å². The molecule has 3 nitrogen and oxygen atoms in total. The van der Waals surface area contributed by atoms with Gasteiger partial charge in [-0.1, -0.05) is 25.4 Å². The maximum absolute atomic E-state index is 6.17. The maximum atomic E-state index is 6.17. The van der Waals surface area contributed by atoms with Gasteiger partial charge in [-0.05, 0) is 26.0 Å². The van der Waals surface area contributed by atoms with Gasteiger partial charge in [-0.2, -0.15) is 0 Å². The number of pyridine rings is 1. The zero-order chi connectivity index (χ0) is 13.3. The monoisotopic (exact) mass is 261 g/mol. The van der Waals surface area contributed by atoms with Crippen molar-refractivity contribution in [3.05, 3.63) is 40.6 Å². The highest BCUT2D eigenvalue weighted by Crippen LogP contribution is 2.27. The molecule has 0 saturated heterocycles. The van der Waals surface area contributed by atoms with E-state index in [4.69, 9.17) is 11.6 Å². The van der Waals surface area contributed by atoms with Crippen LogP contribution in [0.3, 0.4) is 0 Å². The molecule has 0 radical (unpaired) electrons. The van der Waals surface area contributed by atoms with Crippen LogP contribution >= 0.6 is 11.6 Å². The lowest BCUT2D eigenvalue weighted by atomic mass is 10.1. The first-order chi connectivity index (χ1) is 8.49. The van der Waals surface area contributed by atoms with Crippen LogP contribution in [-0.2, 0) is 0 Å². The van der Waals surface area contributed by atoms with E-state index in [2.05, 4.69) is 28.8 Å². The molecule has 0 bridgehead atoms. The summed E-state index contributed by atoms with van der Waals surface area (Å²) in [5.41, 5.74) is 3.72. The molecule has 0 amide bonds. The first-order valence-electron chi connectivity index (χ1n) is 5.96. The summed E-state index contributed by atoms with van der Waals surface area (Å²) in [6.07, 6.45) is 1.82. The molecule has 2 rings (SSSR count). The van der Waals surface area contributed by atoms with Crippen molar-refractivity contribution in [2.45, 2.75) is 33.6 Å². The van der Waals surface area contributed by atoms with E-state index in [1.807, 2.05) is 32.2 Å². The molecule has 94 valence electrons. The lowest BCUT2D eigenvalue weighted by Gasteiger charge is -2.11. The molecule has 4 heteroatoms. The van der Waals surface area contributed by atoms with Crippen molar-refractivity contribution in [2.24, 2.45) is 0 Å². The van der Waals surface area contributed by atoms with E-state index in [9.17, 15) is 0 Å². The molecule has 0 aliphatic carbocycles. The summed E-state index contributed by atoms with van der Waals surface area (Å²) in [7, 11) is 0. The van der Waals surface area contributed by atoms with Crippen LogP contribution in [0.15, 0.2) is 18.3 Å². The van der Waals surface area contributed by atoms with Crippen molar-refractivity contribution in [2.75, 3.05) is 0 Å². The number of halogens is 1. The van der Waals surface area contributed by atoms with Gasteiger partial charge in [0.2, 0.25) is 0 Å². The SMILES string of the molecule is Cc1ccc(-c2nc(C(C)C)nc(Cl)c2C)cn1. The standard InChI is InChI=1S/C14H16ClN3/c1-8(2)14-17-12(10(4)13(15)18-14)11-6-5-9(3)16-7-11/h5-8H,1-4H3. The van der Waals surface area contributed by atoms with Gasteiger partial charge in [-0.15, -0.1) is 0 Å². The minimum absolute atomic E-state index is 0.250. The van der Waals surface area contributed by atoms with Crippen molar-refractivity contribution in [1.29, 1.82) is 0 Å². The average Bonchev–Trinajstić information content (AvgIpc) is 2.33. The third-order valence-electron chi connectivity index (χ3n) is 2.80. The maximum Gasteiger partial charge on any atom is 0.136 e. The summed E-state index contributed by atoms with van der Waals surface area (Å²) in [4.78, 5) is 13.2. The summed E-state index contributed by atoms with van der Waals surface area (Å²) in [6.45, 7) is 8.00. The van der Waals surface area contributed by atoms with Crippen LogP contribution < -0.4 is 0 Å². The molecular weight excluding hydrogens is 246 g/mol.